The second-order valence-corrected chi connectivity index (χ2v) is 6.58. The lowest BCUT2D eigenvalue weighted by Crippen LogP contribution is -2.30. The number of ether oxygens (including phenoxy) is 2. The van der Waals surface area contributed by atoms with E-state index in [1.165, 1.54) is 19.2 Å². The van der Waals surface area contributed by atoms with Crippen molar-refractivity contribution < 1.29 is 32.5 Å². The van der Waals surface area contributed by atoms with E-state index in [-0.39, 0.29) is 17.9 Å². The van der Waals surface area contributed by atoms with Crippen LogP contribution in [-0.4, -0.2) is 31.1 Å². The maximum absolute atomic E-state index is 12.6. The standard InChI is InChI=1S/C20H20F3NO4/c1-27-17-9-16(10-18(11-17)28-20(21,22)23)24-7-6-14-8-13(3-5-19(25)26)2-4-15(14)12-24/h2,4,8-11H,3,5-7,12H2,1H3,(H,25,26). The maximum Gasteiger partial charge on any atom is 0.573 e. The summed E-state index contributed by atoms with van der Waals surface area (Å²) in [4.78, 5) is 12.7. The number of carboxylic acids is 1. The summed E-state index contributed by atoms with van der Waals surface area (Å²) in [5.41, 5.74) is 3.75. The summed E-state index contributed by atoms with van der Waals surface area (Å²) in [5.74, 6) is -0.873. The largest absolute Gasteiger partial charge is 0.573 e. The van der Waals surface area contributed by atoms with E-state index >= 15 is 0 Å². The first-order chi connectivity index (χ1) is 13.2. The van der Waals surface area contributed by atoms with Crippen molar-refractivity contribution in [2.45, 2.75) is 32.2 Å². The molecule has 3 rings (SSSR count). The van der Waals surface area contributed by atoms with Gasteiger partial charge in [-0.1, -0.05) is 18.2 Å². The van der Waals surface area contributed by atoms with Crippen LogP contribution in [-0.2, 0) is 24.2 Å². The van der Waals surface area contributed by atoms with Gasteiger partial charge in [0.2, 0.25) is 0 Å². The first-order valence-electron chi connectivity index (χ1n) is 8.76. The number of fused-ring (bicyclic) bond motifs is 1. The topological polar surface area (TPSA) is 59.0 Å². The number of benzene rings is 2. The van der Waals surface area contributed by atoms with Crippen LogP contribution < -0.4 is 14.4 Å². The number of hydrogen-bond donors (Lipinski definition) is 1. The van der Waals surface area contributed by atoms with Crippen LogP contribution in [0.25, 0.3) is 0 Å². The number of carbonyl (C=O) groups is 1. The van der Waals surface area contributed by atoms with E-state index in [1.54, 1.807) is 6.07 Å². The van der Waals surface area contributed by atoms with Gasteiger partial charge >= 0.3 is 12.3 Å². The molecule has 0 radical (unpaired) electrons. The lowest BCUT2D eigenvalue weighted by atomic mass is 9.95. The van der Waals surface area contributed by atoms with Gasteiger partial charge in [-0.3, -0.25) is 4.79 Å². The Kier molecular flexibility index (Phi) is 5.67. The van der Waals surface area contributed by atoms with Crippen LogP contribution in [0.2, 0.25) is 0 Å². The van der Waals surface area contributed by atoms with Gasteiger partial charge in [-0.15, -0.1) is 13.2 Å². The molecule has 0 atom stereocenters. The van der Waals surface area contributed by atoms with Crippen molar-refractivity contribution in [2.24, 2.45) is 0 Å². The lowest BCUT2D eigenvalue weighted by Gasteiger charge is -2.31. The smallest absolute Gasteiger partial charge is 0.497 e. The summed E-state index contributed by atoms with van der Waals surface area (Å²) in [5, 5.41) is 8.81. The summed E-state index contributed by atoms with van der Waals surface area (Å²) in [6.45, 7) is 1.15. The predicted octanol–water partition coefficient (Wildman–Crippen LogP) is 4.17. The van der Waals surface area contributed by atoms with Crippen LogP contribution >= 0.6 is 0 Å². The lowest BCUT2D eigenvalue weighted by molar-refractivity contribution is -0.274. The number of aryl methyl sites for hydroxylation is 1. The molecular weight excluding hydrogens is 375 g/mol. The average Bonchev–Trinajstić information content (AvgIpc) is 2.64. The van der Waals surface area contributed by atoms with E-state index in [0.29, 0.717) is 31.6 Å². The van der Waals surface area contributed by atoms with Crippen LogP contribution in [0.1, 0.15) is 23.1 Å². The molecular formula is C20H20F3NO4. The third-order valence-corrected chi connectivity index (χ3v) is 4.61. The summed E-state index contributed by atoms with van der Waals surface area (Å²) >= 11 is 0. The van der Waals surface area contributed by atoms with E-state index in [4.69, 9.17) is 9.84 Å². The van der Waals surface area contributed by atoms with Crippen molar-refractivity contribution in [2.75, 3.05) is 18.6 Å². The van der Waals surface area contributed by atoms with Gasteiger partial charge in [0, 0.05) is 43.4 Å². The molecule has 8 heteroatoms. The van der Waals surface area contributed by atoms with Gasteiger partial charge in [-0.25, -0.2) is 0 Å². The molecule has 150 valence electrons. The molecule has 2 aromatic carbocycles. The van der Waals surface area contributed by atoms with E-state index in [0.717, 1.165) is 16.7 Å². The van der Waals surface area contributed by atoms with Crippen molar-refractivity contribution in [3.05, 3.63) is 53.1 Å². The van der Waals surface area contributed by atoms with Gasteiger partial charge in [0.15, 0.2) is 0 Å². The third kappa shape index (κ3) is 5.09. The molecule has 0 saturated heterocycles. The van der Waals surface area contributed by atoms with Crippen LogP contribution in [0, 0.1) is 0 Å². The summed E-state index contributed by atoms with van der Waals surface area (Å²) in [6, 6.07) is 10.1. The Balaban J connectivity index is 1.79. The molecule has 0 amide bonds. The van der Waals surface area contributed by atoms with Crippen LogP contribution in [0.15, 0.2) is 36.4 Å². The number of aliphatic carboxylic acids is 1. The van der Waals surface area contributed by atoms with Crippen LogP contribution in [0.5, 0.6) is 11.5 Å². The molecule has 0 fully saturated rings. The highest BCUT2D eigenvalue weighted by molar-refractivity contribution is 5.67. The number of rotatable bonds is 6. The first-order valence-corrected chi connectivity index (χ1v) is 8.76. The second-order valence-electron chi connectivity index (χ2n) is 6.58. The van der Waals surface area contributed by atoms with Crippen molar-refractivity contribution in [3.8, 4) is 11.5 Å². The molecule has 0 aromatic heterocycles. The summed E-state index contributed by atoms with van der Waals surface area (Å²) in [7, 11) is 1.39. The third-order valence-electron chi connectivity index (χ3n) is 4.61. The fraction of sp³-hybridized carbons (Fsp3) is 0.350. The first kappa shape index (κ1) is 19.9. The molecule has 0 saturated carbocycles. The Labute approximate surface area is 160 Å². The van der Waals surface area contributed by atoms with Gasteiger partial charge in [0.25, 0.3) is 0 Å². The summed E-state index contributed by atoms with van der Waals surface area (Å²) < 4.78 is 46.9. The maximum atomic E-state index is 12.6. The predicted molar refractivity (Wildman–Crippen MR) is 96.8 cm³/mol. The molecule has 0 spiro atoms. The van der Waals surface area contributed by atoms with E-state index in [2.05, 4.69) is 4.74 Å². The zero-order valence-corrected chi connectivity index (χ0v) is 15.3. The van der Waals surface area contributed by atoms with Crippen molar-refractivity contribution in [1.29, 1.82) is 0 Å². The van der Waals surface area contributed by atoms with Gasteiger partial charge in [0.1, 0.15) is 11.5 Å². The van der Waals surface area contributed by atoms with Crippen molar-refractivity contribution in [1.82, 2.24) is 0 Å². The molecule has 0 unspecified atom stereocenters. The zero-order chi connectivity index (χ0) is 20.3. The second kappa shape index (κ2) is 8.00. The van der Waals surface area contributed by atoms with Crippen molar-refractivity contribution in [3.63, 3.8) is 0 Å². The fourth-order valence-corrected chi connectivity index (χ4v) is 3.28. The highest BCUT2D eigenvalue weighted by atomic mass is 19.4. The Morgan fingerprint density at radius 1 is 1.14 bits per heavy atom. The van der Waals surface area contributed by atoms with Gasteiger partial charge in [0.05, 0.1) is 7.11 Å². The number of hydrogen-bond acceptors (Lipinski definition) is 4. The molecule has 2 aromatic rings. The minimum atomic E-state index is -4.77. The SMILES string of the molecule is COc1cc(OC(F)(F)F)cc(N2CCc3cc(CCC(=O)O)ccc3C2)c1. The molecule has 1 N–H and O–H groups in total. The Bertz CT molecular complexity index is 867. The van der Waals surface area contributed by atoms with E-state index < -0.39 is 12.3 Å². The zero-order valence-electron chi connectivity index (χ0n) is 15.3. The van der Waals surface area contributed by atoms with E-state index in [9.17, 15) is 18.0 Å². The number of nitrogens with zero attached hydrogens (tertiary/aromatic N) is 1. The highest BCUT2D eigenvalue weighted by Crippen LogP contribution is 2.34. The van der Waals surface area contributed by atoms with Crippen LogP contribution in [0.4, 0.5) is 18.9 Å². The molecule has 5 nitrogen and oxygen atoms in total. The Morgan fingerprint density at radius 3 is 2.57 bits per heavy atom. The number of halogens is 3. The molecule has 1 aliphatic rings. The van der Waals surface area contributed by atoms with Gasteiger partial charge in [-0.05, 0) is 29.5 Å². The van der Waals surface area contributed by atoms with Crippen molar-refractivity contribution >= 4 is 11.7 Å². The number of alkyl halides is 3. The number of anilines is 1. The normalized spacial score (nSPS) is 13.8. The van der Waals surface area contributed by atoms with Gasteiger partial charge in [-0.2, -0.15) is 0 Å². The minimum absolute atomic E-state index is 0.0801. The average molecular weight is 395 g/mol. The Morgan fingerprint density at radius 2 is 1.89 bits per heavy atom. The minimum Gasteiger partial charge on any atom is -0.497 e. The molecule has 28 heavy (non-hydrogen) atoms. The highest BCUT2D eigenvalue weighted by Gasteiger charge is 2.31. The molecule has 1 heterocycles. The quantitative estimate of drug-likeness (QED) is 0.796. The summed E-state index contributed by atoms with van der Waals surface area (Å²) in [6.07, 6.45) is -3.51. The fourth-order valence-electron chi connectivity index (χ4n) is 3.28. The Hall–Kier alpha value is -2.90. The van der Waals surface area contributed by atoms with Crippen LogP contribution in [0.3, 0.4) is 0 Å². The monoisotopic (exact) mass is 395 g/mol. The number of carboxylic acid groups (broad SMARTS) is 1. The molecule has 0 aliphatic carbocycles. The number of methoxy groups -OCH3 is 1. The molecule has 0 bridgehead atoms. The van der Waals surface area contributed by atoms with E-state index in [1.807, 2.05) is 23.1 Å². The molecule has 1 aliphatic heterocycles. The van der Waals surface area contributed by atoms with Gasteiger partial charge < -0.3 is 19.5 Å².